The maximum atomic E-state index is 12.5. The standard InChI is InChI=1S/C21H22O/c1-15-11-16(2)13-18(12-15)19-9-6-10-21(22)20(19)14-17-7-4-3-5-8-17/h3-5,7-8,11-14,19H,6,9-10H2,1-2H3/b20-14+. The Morgan fingerprint density at radius 2 is 1.68 bits per heavy atom. The van der Waals surface area contributed by atoms with E-state index >= 15 is 0 Å². The maximum Gasteiger partial charge on any atom is 0.159 e. The van der Waals surface area contributed by atoms with Crippen molar-refractivity contribution in [3.63, 3.8) is 0 Å². The first-order valence-electron chi connectivity index (χ1n) is 8.01. The average Bonchev–Trinajstić information content (AvgIpc) is 2.49. The molecule has 0 bridgehead atoms. The lowest BCUT2D eigenvalue weighted by Gasteiger charge is -2.25. The number of Topliss-reactive ketones (excluding diaryl/α,β-unsaturated/α-hetero) is 1. The highest BCUT2D eigenvalue weighted by atomic mass is 16.1. The second-order valence-electron chi connectivity index (χ2n) is 6.30. The SMILES string of the molecule is Cc1cc(C)cc(C2CCCC(=O)/C2=C/c2ccccc2)c1. The lowest BCUT2D eigenvalue weighted by molar-refractivity contribution is -0.116. The topological polar surface area (TPSA) is 17.1 Å². The third-order valence-electron chi connectivity index (χ3n) is 4.36. The van der Waals surface area contributed by atoms with Crippen LogP contribution < -0.4 is 0 Å². The van der Waals surface area contributed by atoms with Crippen LogP contribution in [0.2, 0.25) is 0 Å². The van der Waals surface area contributed by atoms with Crippen LogP contribution in [0.4, 0.5) is 0 Å². The van der Waals surface area contributed by atoms with E-state index in [0.717, 1.165) is 24.0 Å². The summed E-state index contributed by atoms with van der Waals surface area (Å²) >= 11 is 0. The molecule has 0 heterocycles. The number of aryl methyl sites for hydroxylation is 2. The van der Waals surface area contributed by atoms with E-state index in [4.69, 9.17) is 0 Å². The molecule has 0 N–H and O–H groups in total. The van der Waals surface area contributed by atoms with Crippen molar-refractivity contribution >= 4 is 11.9 Å². The quantitative estimate of drug-likeness (QED) is 0.693. The van der Waals surface area contributed by atoms with Crippen LogP contribution in [0.3, 0.4) is 0 Å². The van der Waals surface area contributed by atoms with Gasteiger partial charge < -0.3 is 0 Å². The van der Waals surface area contributed by atoms with Crippen molar-refractivity contribution in [2.45, 2.75) is 39.0 Å². The Hall–Kier alpha value is -2.15. The molecule has 1 nitrogen and oxygen atoms in total. The van der Waals surface area contributed by atoms with Crippen LogP contribution in [-0.4, -0.2) is 5.78 Å². The first kappa shape index (κ1) is 14.8. The number of benzene rings is 2. The number of hydrogen-bond acceptors (Lipinski definition) is 1. The molecule has 3 rings (SSSR count). The molecule has 0 radical (unpaired) electrons. The minimum absolute atomic E-state index is 0.236. The number of carbonyl (C=O) groups is 1. The van der Waals surface area contributed by atoms with E-state index in [1.807, 2.05) is 18.2 Å². The van der Waals surface area contributed by atoms with Crippen LogP contribution in [-0.2, 0) is 4.79 Å². The highest BCUT2D eigenvalue weighted by molar-refractivity contribution is 6.01. The van der Waals surface area contributed by atoms with Crippen LogP contribution in [0.1, 0.15) is 47.4 Å². The van der Waals surface area contributed by atoms with Crippen molar-refractivity contribution in [1.29, 1.82) is 0 Å². The van der Waals surface area contributed by atoms with Crippen molar-refractivity contribution in [3.05, 3.63) is 76.4 Å². The Kier molecular flexibility index (Phi) is 4.24. The van der Waals surface area contributed by atoms with Gasteiger partial charge in [-0.2, -0.15) is 0 Å². The highest BCUT2D eigenvalue weighted by Gasteiger charge is 2.27. The molecule has 2 aromatic carbocycles. The summed E-state index contributed by atoms with van der Waals surface area (Å²) in [5, 5.41) is 0. The van der Waals surface area contributed by atoms with Gasteiger partial charge in [0.15, 0.2) is 5.78 Å². The van der Waals surface area contributed by atoms with Crippen molar-refractivity contribution in [1.82, 2.24) is 0 Å². The highest BCUT2D eigenvalue weighted by Crippen LogP contribution is 2.37. The molecule has 0 aromatic heterocycles. The van der Waals surface area contributed by atoms with Gasteiger partial charge in [-0.1, -0.05) is 59.7 Å². The third kappa shape index (κ3) is 3.19. The third-order valence-corrected chi connectivity index (χ3v) is 4.36. The Labute approximate surface area is 132 Å². The molecule has 1 heteroatoms. The Balaban J connectivity index is 2.04. The molecular weight excluding hydrogens is 268 g/mol. The Bertz CT molecular complexity index is 690. The minimum atomic E-state index is 0.236. The van der Waals surface area contributed by atoms with Crippen molar-refractivity contribution in [2.75, 3.05) is 0 Å². The van der Waals surface area contributed by atoms with E-state index in [2.05, 4.69) is 50.3 Å². The molecule has 1 saturated carbocycles. The minimum Gasteiger partial charge on any atom is -0.295 e. The van der Waals surface area contributed by atoms with Crippen molar-refractivity contribution < 1.29 is 4.79 Å². The lowest BCUT2D eigenvalue weighted by atomic mass is 9.77. The van der Waals surface area contributed by atoms with Crippen LogP contribution >= 0.6 is 0 Å². The first-order chi connectivity index (χ1) is 10.6. The maximum absolute atomic E-state index is 12.5. The zero-order chi connectivity index (χ0) is 15.5. The van der Waals surface area contributed by atoms with Crippen LogP contribution in [0.5, 0.6) is 0 Å². The molecule has 1 aliphatic rings. The van der Waals surface area contributed by atoms with Crippen LogP contribution in [0, 0.1) is 13.8 Å². The molecule has 112 valence electrons. The van der Waals surface area contributed by atoms with Gasteiger partial charge in [-0.3, -0.25) is 4.79 Å². The number of allylic oxidation sites excluding steroid dienone is 1. The lowest BCUT2D eigenvalue weighted by Crippen LogP contribution is -2.18. The van der Waals surface area contributed by atoms with E-state index in [1.54, 1.807) is 0 Å². The van der Waals surface area contributed by atoms with Gasteiger partial charge >= 0.3 is 0 Å². The zero-order valence-corrected chi connectivity index (χ0v) is 13.3. The molecule has 0 amide bonds. The number of rotatable bonds is 2. The fourth-order valence-corrected chi connectivity index (χ4v) is 3.43. The first-order valence-corrected chi connectivity index (χ1v) is 8.01. The molecule has 0 spiro atoms. The second-order valence-corrected chi connectivity index (χ2v) is 6.30. The molecule has 1 unspecified atom stereocenters. The van der Waals surface area contributed by atoms with E-state index in [0.29, 0.717) is 12.2 Å². The molecule has 0 saturated heterocycles. The zero-order valence-electron chi connectivity index (χ0n) is 13.3. The second kappa shape index (κ2) is 6.31. The Morgan fingerprint density at radius 1 is 1.00 bits per heavy atom. The number of ketones is 1. The van der Waals surface area contributed by atoms with E-state index in [-0.39, 0.29) is 5.92 Å². The van der Waals surface area contributed by atoms with Gasteiger partial charge in [0.05, 0.1) is 0 Å². The van der Waals surface area contributed by atoms with Gasteiger partial charge in [0, 0.05) is 17.9 Å². The predicted octanol–water partition coefficient (Wildman–Crippen LogP) is 5.22. The van der Waals surface area contributed by atoms with Gasteiger partial charge in [-0.15, -0.1) is 0 Å². The van der Waals surface area contributed by atoms with E-state index in [1.165, 1.54) is 16.7 Å². The molecule has 22 heavy (non-hydrogen) atoms. The summed E-state index contributed by atoms with van der Waals surface area (Å²) in [7, 11) is 0. The number of hydrogen-bond donors (Lipinski definition) is 0. The monoisotopic (exact) mass is 290 g/mol. The van der Waals surface area contributed by atoms with Gasteiger partial charge in [0.25, 0.3) is 0 Å². The fourth-order valence-electron chi connectivity index (χ4n) is 3.43. The fraction of sp³-hybridized carbons (Fsp3) is 0.286. The summed E-state index contributed by atoms with van der Waals surface area (Å²) < 4.78 is 0. The number of carbonyl (C=O) groups excluding carboxylic acids is 1. The summed E-state index contributed by atoms with van der Waals surface area (Å²) in [5.41, 5.74) is 5.91. The van der Waals surface area contributed by atoms with Gasteiger partial charge in [-0.25, -0.2) is 0 Å². The van der Waals surface area contributed by atoms with Crippen molar-refractivity contribution in [2.24, 2.45) is 0 Å². The smallest absolute Gasteiger partial charge is 0.159 e. The summed E-state index contributed by atoms with van der Waals surface area (Å²) in [6.45, 7) is 4.25. The van der Waals surface area contributed by atoms with E-state index in [9.17, 15) is 4.79 Å². The predicted molar refractivity (Wildman–Crippen MR) is 91.9 cm³/mol. The molecule has 1 aliphatic carbocycles. The normalized spacial score (nSPS) is 20.4. The Morgan fingerprint density at radius 3 is 2.36 bits per heavy atom. The molecule has 1 fully saturated rings. The molecule has 1 atom stereocenters. The van der Waals surface area contributed by atoms with E-state index < -0.39 is 0 Å². The summed E-state index contributed by atoms with van der Waals surface area (Å²) in [6.07, 6.45) is 4.82. The summed E-state index contributed by atoms with van der Waals surface area (Å²) in [5.74, 6) is 0.541. The summed E-state index contributed by atoms with van der Waals surface area (Å²) in [4.78, 5) is 12.5. The van der Waals surface area contributed by atoms with Gasteiger partial charge in [-0.05, 0) is 43.9 Å². The van der Waals surface area contributed by atoms with Crippen molar-refractivity contribution in [3.8, 4) is 0 Å². The molecular formula is C21H22O. The average molecular weight is 290 g/mol. The van der Waals surface area contributed by atoms with Crippen LogP contribution in [0.25, 0.3) is 6.08 Å². The van der Waals surface area contributed by atoms with Crippen LogP contribution in [0.15, 0.2) is 54.1 Å². The molecule has 2 aromatic rings. The molecule has 0 aliphatic heterocycles. The van der Waals surface area contributed by atoms with Gasteiger partial charge in [0.2, 0.25) is 0 Å². The van der Waals surface area contributed by atoms with Gasteiger partial charge in [0.1, 0.15) is 0 Å². The summed E-state index contributed by atoms with van der Waals surface area (Å²) in [6, 6.07) is 16.8. The largest absolute Gasteiger partial charge is 0.295 e.